The summed E-state index contributed by atoms with van der Waals surface area (Å²) in [7, 11) is 1.54. The zero-order valence-corrected chi connectivity index (χ0v) is 18.5. The third kappa shape index (κ3) is 4.04. The van der Waals surface area contributed by atoms with Gasteiger partial charge >= 0.3 is 0 Å². The number of rotatable bonds is 6. The van der Waals surface area contributed by atoms with Crippen molar-refractivity contribution in [2.45, 2.75) is 18.3 Å². The van der Waals surface area contributed by atoms with E-state index < -0.39 is 5.41 Å². The first-order valence-corrected chi connectivity index (χ1v) is 11.0. The van der Waals surface area contributed by atoms with Crippen LogP contribution in [0.3, 0.4) is 0 Å². The van der Waals surface area contributed by atoms with E-state index in [4.69, 9.17) is 15.2 Å². The highest BCUT2D eigenvalue weighted by molar-refractivity contribution is 7.21. The lowest BCUT2D eigenvalue weighted by Gasteiger charge is -2.13. The molecule has 1 aliphatic carbocycles. The van der Waals surface area contributed by atoms with Crippen molar-refractivity contribution in [1.82, 2.24) is 9.97 Å². The minimum absolute atomic E-state index is 0.276. The van der Waals surface area contributed by atoms with Crippen LogP contribution in [-0.2, 0) is 5.41 Å². The van der Waals surface area contributed by atoms with Crippen LogP contribution in [0.15, 0.2) is 54.6 Å². The number of nitrogens with zero attached hydrogens (tertiary/aromatic N) is 3. The Balaban J connectivity index is 1.38. The molecule has 2 heterocycles. The number of ether oxygens (including phenoxy) is 2. The molecule has 0 aliphatic heterocycles. The first-order chi connectivity index (χ1) is 16.0. The Bertz CT molecular complexity index is 1420. The standard InChI is InChI=1S/C24H19N5O3S/c1-31-18-7-5-16(12-19(18)32-20-8-6-17-22(29-20)33-23(26)28-17)27-21(30)14-3-2-4-15(11-14)24(13-25)9-10-24/h2-8,11-12H,9-10H2,1H3,(H2,26,28)(H,27,30). The van der Waals surface area contributed by atoms with Gasteiger partial charge in [-0.2, -0.15) is 5.26 Å². The molecule has 1 saturated carbocycles. The Hall–Kier alpha value is -4.16. The predicted molar refractivity (Wildman–Crippen MR) is 126 cm³/mol. The van der Waals surface area contributed by atoms with Crippen molar-refractivity contribution in [2.24, 2.45) is 0 Å². The highest BCUT2D eigenvalue weighted by Gasteiger charge is 2.45. The van der Waals surface area contributed by atoms with Gasteiger partial charge in [-0.15, -0.1) is 0 Å². The molecule has 2 aromatic heterocycles. The molecule has 0 atom stereocenters. The topological polar surface area (TPSA) is 123 Å². The molecule has 0 bridgehead atoms. The van der Waals surface area contributed by atoms with E-state index in [0.717, 1.165) is 18.4 Å². The van der Waals surface area contributed by atoms with E-state index in [9.17, 15) is 10.1 Å². The van der Waals surface area contributed by atoms with E-state index in [2.05, 4.69) is 21.4 Å². The van der Waals surface area contributed by atoms with Gasteiger partial charge in [0.15, 0.2) is 16.6 Å². The van der Waals surface area contributed by atoms with Crippen LogP contribution in [0.4, 0.5) is 10.8 Å². The van der Waals surface area contributed by atoms with Crippen molar-refractivity contribution < 1.29 is 14.3 Å². The lowest BCUT2D eigenvalue weighted by molar-refractivity contribution is 0.102. The van der Waals surface area contributed by atoms with Crippen LogP contribution >= 0.6 is 11.3 Å². The second-order valence-corrected chi connectivity index (χ2v) is 8.73. The number of hydrogen-bond donors (Lipinski definition) is 2. The molecule has 5 rings (SSSR count). The molecule has 0 radical (unpaired) electrons. The van der Waals surface area contributed by atoms with Gasteiger partial charge in [-0.1, -0.05) is 23.5 Å². The summed E-state index contributed by atoms with van der Waals surface area (Å²) in [6.45, 7) is 0. The minimum Gasteiger partial charge on any atom is -0.493 e. The summed E-state index contributed by atoms with van der Waals surface area (Å²) in [6.07, 6.45) is 1.64. The van der Waals surface area contributed by atoms with Crippen molar-refractivity contribution in [1.29, 1.82) is 5.26 Å². The van der Waals surface area contributed by atoms with Crippen molar-refractivity contribution in [3.05, 3.63) is 65.7 Å². The highest BCUT2D eigenvalue weighted by Crippen LogP contribution is 2.47. The van der Waals surface area contributed by atoms with E-state index in [1.807, 2.05) is 6.07 Å². The maximum absolute atomic E-state index is 12.9. The molecule has 33 heavy (non-hydrogen) atoms. The van der Waals surface area contributed by atoms with Gasteiger partial charge < -0.3 is 20.5 Å². The Morgan fingerprint density at radius 1 is 1.15 bits per heavy atom. The minimum atomic E-state index is -0.450. The molecular formula is C24H19N5O3S. The average Bonchev–Trinajstić information content (AvgIpc) is 3.54. The van der Waals surface area contributed by atoms with Crippen LogP contribution in [0, 0.1) is 11.3 Å². The van der Waals surface area contributed by atoms with Crippen LogP contribution in [-0.4, -0.2) is 23.0 Å². The van der Waals surface area contributed by atoms with Crippen LogP contribution in [0.1, 0.15) is 28.8 Å². The van der Waals surface area contributed by atoms with E-state index in [1.54, 1.807) is 48.5 Å². The molecule has 0 saturated heterocycles. The van der Waals surface area contributed by atoms with E-state index in [-0.39, 0.29) is 5.91 Å². The van der Waals surface area contributed by atoms with Gasteiger partial charge in [0.25, 0.3) is 5.91 Å². The zero-order valence-electron chi connectivity index (χ0n) is 17.7. The molecule has 1 aliphatic rings. The highest BCUT2D eigenvalue weighted by atomic mass is 32.1. The van der Waals surface area contributed by atoms with Crippen molar-refractivity contribution in [2.75, 3.05) is 18.2 Å². The normalized spacial score (nSPS) is 13.8. The number of nitrogens with two attached hydrogens (primary N) is 1. The van der Waals surface area contributed by atoms with Crippen LogP contribution in [0.2, 0.25) is 0 Å². The molecule has 1 amide bonds. The summed E-state index contributed by atoms with van der Waals surface area (Å²) in [4.78, 5) is 22.2. The first-order valence-electron chi connectivity index (χ1n) is 10.2. The lowest BCUT2D eigenvalue weighted by Crippen LogP contribution is -2.13. The molecule has 4 aromatic rings. The summed E-state index contributed by atoms with van der Waals surface area (Å²) in [6, 6.07) is 18.2. The number of thiazole rings is 1. The summed E-state index contributed by atoms with van der Waals surface area (Å²) >= 11 is 1.27. The fourth-order valence-corrected chi connectivity index (χ4v) is 4.27. The Morgan fingerprint density at radius 2 is 2.00 bits per heavy atom. The molecule has 164 valence electrons. The van der Waals surface area contributed by atoms with Gasteiger partial charge in [0.1, 0.15) is 10.3 Å². The Labute approximate surface area is 193 Å². The number of carbonyl (C=O) groups excluding carboxylic acids is 1. The third-order valence-corrected chi connectivity index (χ3v) is 6.32. The fraction of sp³-hybridized carbons (Fsp3) is 0.167. The zero-order chi connectivity index (χ0) is 23.0. The number of anilines is 2. The molecule has 9 heteroatoms. The van der Waals surface area contributed by atoms with Crippen molar-refractivity contribution >= 4 is 38.4 Å². The van der Waals surface area contributed by atoms with Gasteiger partial charge in [0.2, 0.25) is 5.88 Å². The first kappa shape index (κ1) is 20.7. The number of amides is 1. The van der Waals surface area contributed by atoms with Crippen molar-refractivity contribution in [3.8, 4) is 23.4 Å². The lowest BCUT2D eigenvalue weighted by atomic mass is 9.96. The molecule has 3 N–H and O–H groups in total. The fourth-order valence-electron chi connectivity index (χ4n) is 3.57. The van der Waals surface area contributed by atoms with Crippen LogP contribution in [0.25, 0.3) is 10.3 Å². The number of methoxy groups -OCH3 is 1. The summed E-state index contributed by atoms with van der Waals surface area (Å²) in [5.41, 5.74) is 7.89. The number of benzene rings is 2. The average molecular weight is 458 g/mol. The smallest absolute Gasteiger partial charge is 0.255 e. The predicted octanol–water partition coefficient (Wildman–Crippen LogP) is 4.88. The van der Waals surface area contributed by atoms with Crippen molar-refractivity contribution in [3.63, 3.8) is 0 Å². The molecule has 0 spiro atoms. The number of nitrogens with one attached hydrogen (secondary N) is 1. The van der Waals surface area contributed by atoms with E-state index in [0.29, 0.717) is 44.1 Å². The quantitative estimate of drug-likeness (QED) is 0.423. The number of hydrogen-bond acceptors (Lipinski definition) is 8. The SMILES string of the molecule is COc1ccc(NC(=O)c2cccc(C3(C#N)CC3)c2)cc1Oc1ccc2nc(N)sc2n1. The number of nitrogen functional groups attached to an aromatic ring is 1. The summed E-state index contributed by atoms with van der Waals surface area (Å²) in [5.74, 6) is 0.966. The number of aromatic nitrogens is 2. The second-order valence-electron chi connectivity index (χ2n) is 7.72. The van der Waals surface area contributed by atoms with E-state index in [1.165, 1.54) is 18.4 Å². The van der Waals surface area contributed by atoms with Gasteiger partial charge in [-0.05, 0) is 48.7 Å². The number of carbonyl (C=O) groups is 1. The number of nitriles is 1. The molecule has 0 unspecified atom stereocenters. The number of fused-ring (bicyclic) bond motifs is 1. The van der Waals surface area contributed by atoms with Crippen LogP contribution in [0.5, 0.6) is 17.4 Å². The molecule has 1 fully saturated rings. The van der Waals surface area contributed by atoms with E-state index >= 15 is 0 Å². The molecule has 2 aromatic carbocycles. The summed E-state index contributed by atoms with van der Waals surface area (Å²) in [5, 5.41) is 12.8. The van der Waals surface area contributed by atoms with Gasteiger partial charge in [0.05, 0.1) is 18.6 Å². The van der Waals surface area contributed by atoms with Gasteiger partial charge in [-0.25, -0.2) is 9.97 Å². The van der Waals surface area contributed by atoms with Crippen LogP contribution < -0.4 is 20.5 Å². The monoisotopic (exact) mass is 457 g/mol. The summed E-state index contributed by atoms with van der Waals surface area (Å²) < 4.78 is 11.3. The number of pyridine rings is 1. The third-order valence-electron chi connectivity index (χ3n) is 5.52. The Morgan fingerprint density at radius 3 is 2.76 bits per heavy atom. The second kappa shape index (κ2) is 8.07. The van der Waals surface area contributed by atoms with Gasteiger partial charge in [-0.3, -0.25) is 4.79 Å². The molecule has 8 nitrogen and oxygen atoms in total. The molecular weight excluding hydrogens is 438 g/mol. The van der Waals surface area contributed by atoms with Gasteiger partial charge in [0, 0.05) is 23.4 Å². The maximum atomic E-state index is 12.9. The maximum Gasteiger partial charge on any atom is 0.255 e. The Kier molecular flexibility index (Phi) is 5.07. The largest absolute Gasteiger partial charge is 0.493 e.